The Hall–Kier alpha value is -2.97. The van der Waals surface area contributed by atoms with Gasteiger partial charge in [-0.2, -0.15) is 15.3 Å². The molecule has 4 unspecified atom stereocenters. The van der Waals surface area contributed by atoms with Crippen molar-refractivity contribution in [3.63, 3.8) is 0 Å². The number of aromatic nitrogens is 5. The standard InChI is InChI=1S/C23H24FN7/c1-11-5-17(29-31-10-12(2)26-23(11)31)13-6-16(24)14-8-19(28-27-18(14)7-13)21-20-15(9-25-21)22(20)30(3)4/h5-8,10,15,20-22,25H,9H2,1-4H3. The summed E-state index contributed by atoms with van der Waals surface area (Å²) in [4.78, 5) is 6.76. The fourth-order valence-electron chi connectivity index (χ4n) is 5.31. The van der Waals surface area contributed by atoms with Crippen LogP contribution < -0.4 is 5.32 Å². The molecule has 8 heteroatoms. The summed E-state index contributed by atoms with van der Waals surface area (Å²) in [6.45, 7) is 4.89. The first-order valence-corrected chi connectivity index (χ1v) is 10.6. The molecule has 0 bridgehead atoms. The van der Waals surface area contributed by atoms with E-state index in [0.717, 1.165) is 29.1 Å². The van der Waals surface area contributed by atoms with Crippen molar-refractivity contribution in [1.29, 1.82) is 0 Å². The summed E-state index contributed by atoms with van der Waals surface area (Å²) >= 11 is 0. The van der Waals surface area contributed by atoms with Crippen molar-refractivity contribution < 1.29 is 4.39 Å². The van der Waals surface area contributed by atoms with Crippen LogP contribution in [0.5, 0.6) is 0 Å². The molecule has 4 atom stereocenters. The third-order valence-corrected chi connectivity index (χ3v) is 6.76. The first-order valence-electron chi connectivity index (χ1n) is 10.6. The minimum Gasteiger partial charge on any atom is -0.308 e. The summed E-state index contributed by atoms with van der Waals surface area (Å²) in [5.74, 6) is 0.849. The second-order valence-corrected chi connectivity index (χ2v) is 9.10. The van der Waals surface area contributed by atoms with Crippen LogP contribution in [0.1, 0.15) is 23.0 Å². The van der Waals surface area contributed by atoms with E-state index in [9.17, 15) is 0 Å². The quantitative estimate of drug-likeness (QED) is 0.553. The van der Waals surface area contributed by atoms with Gasteiger partial charge in [-0.05, 0) is 63.7 Å². The third kappa shape index (κ3) is 2.85. The van der Waals surface area contributed by atoms with Gasteiger partial charge in [0.15, 0.2) is 5.65 Å². The smallest absolute Gasteiger partial charge is 0.156 e. The van der Waals surface area contributed by atoms with Gasteiger partial charge in [-0.1, -0.05) is 0 Å². The number of aryl methyl sites for hydroxylation is 2. The maximum Gasteiger partial charge on any atom is 0.156 e. The lowest BCUT2D eigenvalue weighted by atomic mass is 10.0. The molecule has 4 heterocycles. The second-order valence-electron chi connectivity index (χ2n) is 9.10. The summed E-state index contributed by atoms with van der Waals surface area (Å²) in [6.07, 6.45) is 1.87. The van der Waals surface area contributed by atoms with E-state index in [1.807, 2.05) is 38.2 Å². The number of halogens is 1. The number of fused-ring (bicyclic) bond motifs is 3. The Morgan fingerprint density at radius 2 is 1.97 bits per heavy atom. The van der Waals surface area contributed by atoms with Crippen LogP contribution in [0.4, 0.5) is 4.39 Å². The van der Waals surface area contributed by atoms with Crippen molar-refractivity contribution in [2.75, 3.05) is 20.6 Å². The van der Waals surface area contributed by atoms with Crippen molar-refractivity contribution in [2.24, 2.45) is 11.8 Å². The summed E-state index contributed by atoms with van der Waals surface area (Å²) in [7, 11) is 4.23. The number of nitrogens with zero attached hydrogens (tertiary/aromatic N) is 6. The SMILES string of the molecule is Cc1cn2nc(-c3cc(F)c4cc(C5NCC6C5C6N(C)C)nnc4c3)cc(C)c2n1. The minimum absolute atomic E-state index is 0.129. The van der Waals surface area contributed by atoms with Gasteiger partial charge in [-0.15, -0.1) is 0 Å². The van der Waals surface area contributed by atoms with E-state index in [1.165, 1.54) is 6.07 Å². The molecule has 31 heavy (non-hydrogen) atoms. The largest absolute Gasteiger partial charge is 0.308 e. The number of hydrogen-bond acceptors (Lipinski definition) is 6. The van der Waals surface area contributed by atoms with E-state index in [2.05, 4.69) is 44.6 Å². The van der Waals surface area contributed by atoms with Crippen molar-refractivity contribution >= 4 is 16.6 Å². The highest BCUT2D eigenvalue weighted by Crippen LogP contribution is 2.53. The van der Waals surface area contributed by atoms with E-state index >= 15 is 4.39 Å². The van der Waals surface area contributed by atoms with Crippen LogP contribution in [0.3, 0.4) is 0 Å². The monoisotopic (exact) mass is 417 g/mol. The Bertz CT molecular complexity index is 1350. The van der Waals surface area contributed by atoms with Crippen LogP contribution in [-0.2, 0) is 0 Å². The van der Waals surface area contributed by atoms with Gasteiger partial charge in [0.1, 0.15) is 5.82 Å². The molecule has 0 amide bonds. The molecule has 1 aliphatic carbocycles. The lowest BCUT2D eigenvalue weighted by Crippen LogP contribution is -2.29. The molecule has 1 aliphatic heterocycles. The van der Waals surface area contributed by atoms with Crippen LogP contribution >= 0.6 is 0 Å². The highest BCUT2D eigenvalue weighted by atomic mass is 19.1. The number of piperidine rings is 1. The highest BCUT2D eigenvalue weighted by molar-refractivity contribution is 5.84. The predicted octanol–water partition coefficient (Wildman–Crippen LogP) is 2.92. The molecule has 0 spiro atoms. The molecule has 3 aromatic heterocycles. The average molecular weight is 417 g/mol. The fraction of sp³-hybridized carbons (Fsp3) is 0.391. The highest BCUT2D eigenvalue weighted by Gasteiger charge is 2.59. The Kier molecular flexibility index (Phi) is 3.94. The molecule has 2 fully saturated rings. The van der Waals surface area contributed by atoms with Gasteiger partial charge in [0.2, 0.25) is 0 Å². The van der Waals surface area contributed by atoms with E-state index < -0.39 is 0 Å². The van der Waals surface area contributed by atoms with Crippen LogP contribution in [0, 0.1) is 31.5 Å². The molecule has 6 rings (SSSR count). The lowest BCUT2D eigenvalue weighted by Gasteiger charge is -2.19. The average Bonchev–Trinajstić information content (AvgIpc) is 3.07. The van der Waals surface area contributed by atoms with E-state index in [1.54, 1.807) is 4.52 Å². The molecule has 0 radical (unpaired) electrons. The normalized spacial score (nSPS) is 25.0. The van der Waals surface area contributed by atoms with Crippen molar-refractivity contribution in [2.45, 2.75) is 25.9 Å². The molecule has 1 N–H and O–H groups in total. The molecule has 1 saturated carbocycles. The zero-order chi connectivity index (χ0) is 21.4. The van der Waals surface area contributed by atoms with Crippen molar-refractivity contribution in [1.82, 2.24) is 35.0 Å². The maximum absolute atomic E-state index is 15.2. The van der Waals surface area contributed by atoms with Crippen LogP contribution in [-0.4, -0.2) is 56.4 Å². The van der Waals surface area contributed by atoms with Gasteiger partial charge in [0, 0.05) is 29.5 Å². The van der Waals surface area contributed by atoms with Gasteiger partial charge in [-0.3, -0.25) is 0 Å². The Labute approximate surface area is 179 Å². The summed E-state index contributed by atoms with van der Waals surface area (Å²) in [5, 5.41) is 17.5. The number of hydrogen-bond donors (Lipinski definition) is 1. The molecule has 1 saturated heterocycles. The third-order valence-electron chi connectivity index (χ3n) is 6.76. The molecular weight excluding hydrogens is 393 g/mol. The Morgan fingerprint density at radius 1 is 1.13 bits per heavy atom. The number of imidazole rings is 1. The van der Waals surface area contributed by atoms with E-state index in [-0.39, 0.29) is 11.9 Å². The molecular formula is C23H24FN7. The molecule has 1 aromatic carbocycles. The molecule has 4 aromatic rings. The van der Waals surface area contributed by atoms with Crippen molar-refractivity contribution in [3.05, 3.63) is 53.2 Å². The van der Waals surface area contributed by atoms with Gasteiger partial charge in [0.05, 0.1) is 34.8 Å². The van der Waals surface area contributed by atoms with Crippen molar-refractivity contribution in [3.8, 4) is 11.3 Å². The van der Waals surface area contributed by atoms with Crippen LogP contribution in [0.2, 0.25) is 0 Å². The zero-order valence-corrected chi connectivity index (χ0v) is 18.0. The van der Waals surface area contributed by atoms with Gasteiger partial charge in [-0.25, -0.2) is 13.9 Å². The summed E-state index contributed by atoms with van der Waals surface area (Å²) in [5.41, 5.74) is 5.41. The predicted molar refractivity (Wildman–Crippen MR) is 116 cm³/mol. The van der Waals surface area contributed by atoms with E-state index in [0.29, 0.717) is 40.0 Å². The van der Waals surface area contributed by atoms with Crippen LogP contribution in [0.15, 0.2) is 30.5 Å². The summed E-state index contributed by atoms with van der Waals surface area (Å²) < 4.78 is 16.9. The fourth-order valence-corrected chi connectivity index (χ4v) is 5.31. The van der Waals surface area contributed by atoms with Gasteiger partial charge < -0.3 is 10.2 Å². The molecule has 7 nitrogen and oxygen atoms in total. The summed E-state index contributed by atoms with van der Waals surface area (Å²) in [6, 6.07) is 7.87. The number of benzene rings is 1. The Balaban J connectivity index is 1.39. The minimum atomic E-state index is -0.306. The first kappa shape index (κ1) is 18.8. The zero-order valence-electron chi connectivity index (χ0n) is 18.0. The lowest BCUT2D eigenvalue weighted by molar-refractivity contribution is 0.327. The van der Waals surface area contributed by atoms with Gasteiger partial charge >= 0.3 is 0 Å². The van der Waals surface area contributed by atoms with Gasteiger partial charge in [0.25, 0.3) is 0 Å². The topological polar surface area (TPSA) is 71.2 Å². The molecule has 2 aliphatic rings. The maximum atomic E-state index is 15.2. The van der Waals surface area contributed by atoms with E-state index in [4.69, 9.17) is 0 Å². The first-order chi connectivity index (χ1) is 14.9. The Morgan fingerprint density at radius 3 is 2.74 bits per heavy atom. The second kappa shape index (κ2) is 6.51. The molecule has 158 valence electrons. The number of rotatable bonds is 3. The number of nitrogens with one attached hydrogen (secondary N) is 1. The van der Waals surface area contributed by atoms with Crippen LogP contribution in [0.25, 0.3) is 27.8 Å².